The lowest BCUT2D eigenvalue weighted by Gasteiger charge is -2.03. The fourth-order valence-electron chi connectivity index (χ4n) is 1.95. The van der Waals surface area contributed by atoms with Crippen molar-refractivity contribution in [3.8, 4) is 0 Å². The maximum Gasteiger partial charge on any atom is 0.0234 e. The molecule has 1 aliphatic rings. The van der Waals surface area contributed by atoms with E-state index in [1.165, 1.54) is 21.6 Å². The van der Waals surface area contributed by atoms with E-state index < -0.39 is 0 Å². The molecule has 0 aliphatic carbocycles. The van der Waals surface area contributed by atoms with Gasteiger partial charge in [-0.05, 0) is 35.2 Å². The van der Waals surface area contributed by atoms with Gasteiger partial charge >= 0.3 is 0 Å². The van der Waals surface area contributed by atoms with Gasteiger partial charge in [0.25, 0.3) is 0 Å². The first-order valence-electron chi connectivity index (χ1n) is 5.12. The summed E-state index contributed by atoms with van der Waals surface area (Å²) < 4.78 is 0. The van der Waals surface area contributed by atoms with Crippen LogP contribution in [0.2, 0.25) is 0 Å². The van der Waals surface area contributed by atoms with Crippen LogP contribution in [0.4, 0.5) is 0 Å². The van der Waals surface area contributed by atoms with E-state index in [-0.39, 0.29) is 0 Å². The van der Waals surface area contributed by atoms with Crippen molar-refractivity contribution in [3.63, 3.8) is 0 Å². The molecule has 1 heterocycles. The van der Waals surface area contributed by atoms with Gasteiger partial charge in [0.1, 0.15) is 0 Å². The number of rotatable bonds is 0. The molecule has 0 fully saturated rings. The van der Waals surface area contributed by atoms with Crippen LogP contribution in [-0.2, 0) is 12.2 Å². The molecule has 1 aliphatic heterocycles. The Bertz CT molecular complexity index is 443. The fourth-order valence-corrected chi connectivity index (χ4v) is 3.02. The van der Waals surface area contributed by atoms with E-state index in [2.05, 4.69) is 42.5 Å². The van der Waals surface area contributed by atoms with Gasteiger partial charge in [-0.25, -0.2) is 0 Å². The first-order valence-corrected chi connectivity index (χ1v) is 6.11. The first kappa shape index (κ1) is 9.05. The van der Waals surface area contributed by atoms with Gasteiger partial charge in [0.2, 0.25) is 0 Å². The quantitative estimate of drug-likeness (QED) is 0.640. The minimum Gasteiger partial charge on any atom is -0.121 e. The summed E-state index contributed by atoms with van der Waals surface area (Å²) in [6, 6.07) is 18.3. The maximum atomic E-state index is 3.35. The third-order valence-corrected chi connectivity index (χ3v) is 3.92. The van der Waals surface area contributed by atoms with E-state index in [1.807, 2.05) is 17.8 Å². The third-order valence-electron chi connectivity index (χ3n) is 2.77. The largest absolute Gasteiger partial charge is 0.121 e. The number of fused-ring (bicyclic) bond motifs is 2. The molecule has 2 aromatic carbocycles. The Labute approximate surface area is 94.3 Å². The molecule has 15 heavy (non-hydrogen) atoms. The zero-order valence-electron chi connectivity index (χ0n) is 8.36. The highest BCUT2D eigenvalue weighted by Gasteiger charge is 2.12. The third kappa shape index (κ3) is 1.68. The van der Waals surface area contributed by atoms with Crippen molar-refractivity contribution in [1.29, 1.82) is 0 Å². The lowest BCUT2D eigenvalue weighted by atomic mass is 10.0. The molecule has 0 saturated heterocycles. The molecule has 3 rings (SSSR count). The Morgan fingerprint density at radius 1 is 1.00 bits per heavy atom. The normalized spacial score (nSPS) is 13.9. The van der Waals surface area contributed by atoms with Crippen LogP contribution in [0.1, 0.15) is 16.7 Å². The van der Waals surface area contributed by atoms with Crippen LogP contribution in [0.25, 0.3) is 0 Å². The van der Waals surface area contributed by atoms with Gasteiger partial charge in [0.05, 0.1) is 0 Å². The predicted molar refractivity (Wildman–Crippen MR) is 64.1 cm³/mol. The first-order chi connectivity index (χ1) is 7.43. The van der Waals surface area contributed by atoms with E-state index in [1.54, 1.807) is 0 Å². The molecule has 0 spiro atoms. The van der Waals surface area contributed by atoms with Crippen LogP contribution in [0.5, 0.6) is 0 Å². The summed E-state index contributed by atoms with van der Waals surface area (Å²) in [5.74, 6) is 1.08. The zero-order chi connectivity index (χ0) is 10.1. The van der Waals surface area contributed by atoms with Gasteiger partial charge in [0, 0.05) is 10.6 Å². The topological polar surface area (TPSA) is 0 Å². The van der Waals surface area contributed by atoms with Crippen molar-refractivity contribution < 1.29 is 0 Å². The van der Waals surface area contributed by atoms with Crippen molar-refractivity contribution >= 4 is 11.8 Å². The van der Waals surface area contributed by atoms with Crippen LogP contribution in [0.3, 0.4) is 0 Å². The molecule has 0 unspecified atom stereocenters. The van der Waals surface area contributed by atoms with Gasteiger partial charge in [-0.2, -0.15) is 0 Å². The molecule has 0 saturated carbocycles. The fraction of sp³-hybridized carbons (Fsp3) is 0.143. The van der Waals surface area contributed by atoms with Gasteiger partial charge in [-0.1, -0.05) is 36.4 Å². The van der Waals surface area contributed by atoms with Crippen molar-refractivity contribution in [2.24, 2.45) is 0 Å². The van der Waals surface area contributed by atoms with Crippen molar-refractivity contribution in [3.05, 3.63) is 65.2 Å². The van der Waals surface area contributed by atoms with E-state index in [0.717, 1.165) is 12.2 Å². The second-order valence-corrected chi connectivity index (χ2v) is 4.76. The van der Waals surface area contributed by atoms with E-state index >= 15 is 0 Å². The number of hydrogen-bond donors (Lipinski definition) is 0. The molecule has 0 aromatic heterocycles. The SMILES string of the molecule is [c]1cccc2c1Cc1ccccc1CS2. The van der Waals surface area contributed by atoms with Gasteiger partial charge in [0.15, 0.2) is 0 Å². The minimum absolute atomic E-state index is 1.03. The summed E-state index contributed by atoms with van der Waals surface area (Å²) >= 11 is 1.92. The molecule has 0 atom stereocenters. The standard InChI is InChI=1S/C14H11S/c1-2-7-13-10-15-14-8-4-3-6-12(14)9-11(13)5-1/h1-5,7-8H,9-10H2. The molecule has 0 N–H and O–H groups in total. The van der Waals surface area contributed by atoms with Crippen LogP contribution in [0, 0.1) is 6.07 Å². The number of hydrogen-bond acceptors (Lipinski definition) is 1. The lowest BCUT2D eigenvalue weighted by Crippen LogP contribution is -1.91. The Balaban J connectivity index is 2.10. The predicted octanol–water partition coefficient (Wildman–Crippen LogP) is 3.68. The van der Waals surface area contributed by atoms with Crippen LogP contribution in [-0.4, -0.2) is 0 Å². The minimum atomic E-state index is 1.03. The molecule has 73 valence electrons. The second kappa shape index (κ2) is 3.74. The maximum absolute atomic E-state index is 3.35. The highest BCUT2D eigenvalue weighted by molar-refractivity contribution is 7.98. The molecule has 0 bridgehead atoms. The number of benzene rings is 2. The molecular weight excluding hydrogens is 200 g/mol. The Morgan fingerprint density at radius 3 is 2.80 bits per heavy atom. The van der Waals surface area contributed by atoms with E-state index in [0.29, 0.717) is 0 Å². The summed E-state index contributed by atoms with van der Waals surface area (Å²) in [6.45, 7) is 0. The average molecular weight is 211 g/mol. The average Bonchev–Trinajstić information content (AvgIpc) is 2.48. The van der Waals surface area contributed by atoms with Crippen LogP contribution >= 0.6 is 11.8 Å². The molecular formula is C14H11S. The van der Waals surface area contributed by atoms with Crippen molar-refractivity contribution in [1.82, 2.24) is 0 Å². The lowest BCUT2D eigenvalue weighted by molar-refractivity contribution is 1.12. The second-order valence-electron chi connectivity index (χ2n) is 3.75. The highest BCUT2D eigenvalue weighted by Crippen LogP contribution is 2.32. The summed E-state index contributed by atoms with van der Waals surface area (Å²) in [7, 11) is 0. The molecule has 1 heteroatoms. The summed E-state index contributed by atoms with van der Waals surface area (Å²) in [5, 5.41) is 0. The Hall–Kier alpha value is -1.21. The molecule has 1 radical (unpaired) electrons. The van der Waals surface area contributed by atoms with Crippen molar-refractivity contribution in [2.75, 3.05) is 0 Å². The van der Waals surface area contributed by atoms with E-state index in [9.17, 15) is 0 Å². The van der Waals surface area contributed by atoms with Crippen LogP contribution < -0.4 is 0 Å². The van der Waals surface area contributed by atoms with Gasteiger partial charge in [-0.15, -0.1) is 11.8 Å². The highest BCUT2D eigenvalue weighted by atomic mass is 32.2. The van der Waals surface area contributed by atoms with Gasteiger partial charge < -0.3 is 0 Å². The van der Waals surface area contributed by atoms with E-state index in [4.69, 9.17) is 0 Å². The monoisotopic (exact) mass is 211 g/mol. The van der Waals surface area contributed by atoms with Crippen molar-refractivity contribution in [2.45, 2.75) is 17.1 Å². The van der Waals surface area contributed by atoms with Crippen LogP contribution in [0.15, 0.2) is 47.4 Å². The summed E-state index contributed by atoms with van der Waals surface area (Å²) in [4.78, 5) is 1.38. The summed E-state index contributed by atoms with van der Waals surface area (Å²) in [5.41, 5.74) is 4.26. The zero-order valence-corrected chi connectivity index (χ0v) is 9.18. The Morgan fingerprint density at radius 2 is 1.87 bits per heavy atom. The summed E-state index contributed by atoms with van der Waals surface area (Å²) in [6.07, 6.45) is 1.03. The molecule has 0 nitrogen and oxygen atoms in total. The molecule has 0 amide bonds. The molecule has 2 aromatic rings. The smallest absolute Gasteiger partial charge is 0.0234 e. The number of thioether (sulfide) groups is 1. The Kier molecular flexibility index (Phi) is 2.26. The van der Waals surface area contributed by atoms with Gasteiger partial charge in [-0.3, -0.25) is 0 Å².